The molecule has 9 rings (SSSR count). The number of nitrogens with zero attached hydrogens (tertiary/aromatic N) is 2. The van der Waals surface area contributed by atoms with Gasteiger partial charge in [0, 0.05) is 33.4 Å². The minimum Gasteiger partial charge on any atom is -0.458 e. The number of rotatable bonds is 1. The summed E-state index contributed by atoms with van der Waals surface area (Å²) in [4.78, 5) is 2.46. The summed E-state index contributed by atoms with van der Waals surface area (Å²) in [5.41, 5.74) is 15.9. The van der Waals surface area contributed by atoms with Gasteiger partial charge in [-0.3, -0.25) is 0 Å². The number of hydrogen-bond acceptors (Lipinski definition) is 2. The first-order valence-electron chi connectivity index (χ1n) is 18.2. The number of fused-ring (bicyclic) bond motifs is 10. The van der Waals surface area contributed by atoms with Crippen LogP contribution in [-0.2, 0) is 29.2 Å². The van der Waals surface area contributed by atoms with E-state index in [1.165, 1.54) is 90.4 Å². The summed E-state index contributed by atoms with van der Waals surface area (Å²) in [6.07, 6.45) is 3.55. The molecule has 0 saturated heterocycles. The molecular weight excluding hydrogens is 595 g/mol. The zero-order valence-electron chi connectivity index (χ0n) is 30.6. The Bertz CT molecular complexity index is 2340. The van der Waals surface area contributed by atoms with Crippen LogP contribution in [0.25, 0.3) is 21.8 Å². The van der Waals surface area contributed by atoms with Gasteiger partial charge in [0.15, 0.2) is 0 Å². The molecular formula is C45H47BN2O. The molecule has 3 heterocycles. The minimum absolute atomic E-state index is 0.0203. The van der Waals surface area contributed by atoms with Gasteiger partial charge in [0.2, 0.25) is 0 Å². The number of aromatic nitrogens is 1. The van der Waals surface area contributed by atoms with Crippen LogP contribution in [0.2, 0.25) is 0 Å². The van der Waals surface area contributed by atoms with Crippen molar-refractivity contribution < 1.29 is 4.74 Å². The lowest BCUT2D eigenvalue weighted by Crippen LogP contribution is -2.59. The van der Waals surface area contributed by atoms with Gasteiger partial charge >= 0.3 is 0 Å². The molecule has 4 heteroatoms. The zero-order chi connectivity index (χ0) is 34.2. The van der Waals surface area contributed by atoms with Gasteiger partial charge in [-0.1, -0.05) is 90.1 Å². The van der Waals surface area contributed by atoms with Gasteiger partial charge in [-0.05, 0) is 126 Å². The third kappa shape index (κ3) is 4.42. The van der Waals surface area contributed by atoms with E-state index >= 15 is 0 Å². The second-order valence-corrected chi connectivity index (χ2v) is 17.7. The van der Waals surface area contributed by atoms with E-state index < -0.39 is 0 Å². The van der Waals surface area contributed by atoms with E-state index in [1.54, 1.807) is 0 Å². The SMILES string of the molecule is CC(C)(C)c1ccc(N2c3ccc(C(C)(C)C)cc3B3c4ccc5c(c4Oc4cccc2c43)c2ccc3c(c2n5C(C)(C)C)CCC3)cc1. The summed E-state index contributed by atoms with van der Waals surface area (Å²) < 4.78 is 9.82. The Morgan fingerprint density at radius 1 is 0.673 bits per heavy atom. The predicted molar refractivity (Wildman–Crippen MR) is 210 cm³/mol. The first-order valence-corrected chi connectivity index (χ1v) is 18.2. The normalized spacial score (nSPS) is 15.3. The van der Waals surface area contributed by atoms with Crippen molar-refractivity contribution in [2.24, 2.45) is 0 Å². The molecule has 0 spiro atoms. The Balaban J connectivity index is 1.34. The molecule has 0 atom stereocenters. The summed E-state index contributed by atoms with van der Waals surface area (Å²) in [6, 6.07) is 32.6. The Kier molecular flexibility index (Phi) is 6.29. The molecule has 49 heavy (non-hydrogen) atoms. The number of ether oxygens (including phenoxy) is 1. The fourth-order valence-corrected chi connectivity index (χ4v) is 8.96. The highest BCUT2D eigenvalue weighted by Crippen LogP contribution is 2.47. The van der Waals surface area contributed by atoms with E-state index in [0.717, 1.165) is 17.9 Å². The first-order chi connectivity index (χ1) is 23.2. The minimum atomic E-state index is -0.0756. The average Bonchev–Trinajstić information content (AvgIpc) is 3.66. The molecule has 0 amide bonds. The van der Waals surface area contributed by atoms with Crippen LogP contribution < -0.4 is 26.0 Å². The summed E-state index contributed by atoms with van der Waals surface area (Å²) in [5, 5.41) is 2.57. The van der Waals surface area contributed by atoms with Crippen molar-refractivity contribution in [1.82, 2.24) is 4.57 Å². The third-order valence-corrected chi connectivity index (χ3v) is 11.4. The Labute approximate surface area is 292 Å². The van der Waals surface area contributed by atoms with Crippen LogP contribution in [0, 0.1) is 0 Å². The molecule has 3 nitrogen and oxygen atoms in total. The molecule has 0 fully saturated rings. The Morgan fingerprint density at radius 2 is 1.41 bits per heavy atom. The smallest absolute Gasteiger partial charge is 0.256 e. The molecule has 2 aliphatic heterocycles. The zero-order valence-corrected chi connectivity index (χ0v) is 30.6. The summed E-state index contributed by atoms with van der Waals surface area (Å²) in [5.74, 6) is 1.98. The van der Waals surface area contributed by atoms with Crippen molar-refractivity contribution in [3.63, 3.8) is 0 Å². The standard InChI is InChI=1S/C45H47BN2O/c1-43(2,3)28-17-20-30(21-18-28)47-35-24-19-29(44(4,5)6)26-34(35)46-33-23-25-36-39(42(33)49-38-15-11-14-37(47)40(38)46)32-22-16-27-12-10-13-31(27)41(32)48(36)45(7,8)9/h11,14-26H,10,12-13H2,1-9H3. The third-order valence-electron chi connectivity index (χ3n) is 11.4. The quantitative estimate of drug-likeness (QED) is 0.166. The first kappa shape index (κ1) is 30.6. The van der Waals surface area contributed by atoms with E-state index in [1.807, 2.05) is 0 Å². The molecule has 1 aliphatic carbocycles. The van der Waals surface area contributed by atoms with E-state index in [9.17, 15) is 0 Å². The summed E-state index contributed by atoms with van der Waals surface area (Å²) in [6.45, 7) is 20.9. The fraction of sp³-hybridized carbons (Fsp3) is 0.333. The molecule has 0 radical (unpaired) electrons. The van der Waals surface area contributed by atoms with Crippen molar-refractivity contribution in [2.75, 3.05) is 4.90 Å². The van der Waals surface area contributed by atoms with Crippen LogP contribution in [0.3, 0.4) is 0 Å². The highest BCUT2D eigenvalue weighted by atomic mass is 16.5. The van der Waals surface area contributed by atoms with Crippen molar-refractivity contribution in [3.8, 4) is 11.5 Å². The Hall–Kier alpha value is -4.44. The molecule has 3 aliphatic rings. The van der Waals surface area contributed by atoms with Gasteiger partial charge in [-0.15, -0.1) is 0 Å². The number of aryl methyl sites for hydroxylation is 2. The van der Waals surface area contributed by atoms with Crippen molar-refractivity contribution in [3.05, 3.63) is 107 Å². The van der Waals surface area contributed by atoms with E-state index in [-0.39, 0.29) is 23.1 Å². The molecule has 5 aromatic carbocycles. The van der Waals surface area contributed by atoms with Gasteiger partial charge < -0.3 is 14.2 Å². The molecule has 0 unspecified atom stereocenters. The molecule has 0 saturated carbocycles. The van der Waals surface area contributed by atoms with Crippen LogP contribution in [0.5, 0.6) is 11.5 Å². The van der Waals surface area contributed by atoms with E-state index in [4.69, 9.17) is 4.74 Å². The van der Waals surface area contributed by atoms with E-state index in [2.05, 4.69) is 157 Å². The van der Waals surface area contributed by atoms with E-state index in [0.29, 0.717) is 0 Å². The monoisotopic (exact) mass is 642 g/mol. The lowest BCUT2D eigenvalue weighted by atomic mass is 9.34. The van der Waals surface area contributed by atoms with Crippen molar-refractivity contribution in [2.45, 2.75) is 97.9 Å². The van der Waals surface area contributed by atoms with Crippen molar-refractivity contribution in [1.29, 1.82) is 0 Å². The van der Waals surface area contributed by atoms with Crippen LogP contribution in [-0.4, -0.2) is 11.3 Å². The number of hydrogen-bond donors (Lipinski definition) is 0. The molecule has 246 valence electrons. The number of anilines is 3. The molecule has 0 bridgehead atoms. The lowest BCUT2D eigenvalue weighted by Gasteiger charge is -2.41. The van der Waals surface area contributed by atoms with Gasteiger partial charge in [0.05, 0.1) is 11.0 Å². The maximum atomic E-state index is 7.21. The Morgan fingerprint density at radius 3 is 2.12 bits per heavy atom. The second-order valence-electron chi connectivity index (χ2n) is 17.7. The van der Waals surface area contributed by atoms with Crippen LogP contribution in [0.1, 0.15) is 91.0 Å². The van der Waals surface area contributed by atoms with Crippen LogP contribution in [0.15, 0.2) is 84.9 Å². The lowest BCUT2D eigenvalue weighted by molar-refractivity contribution is 0.422. The highest BCUT2D eigenvalue weighted by Gasteiger charge is 2.43. The predicted octanol–water partition coefficient (Wildman–Crippen LogP) is 10.0. The molecule has 6 aromatic rings. The van der Waals surface area contributed by atoms with Crippen molar-refractivity contribution >= 4 is 62.0 Å². The fourth-order valence-electron chi connectivity index (χ4n) is 8.96. The van der Waals surface area contributed by atoms with Crippen LogP contribution in [0.4, 0.5) is 17.1 Å². The highest BCUT2D eigenvalue weighted by molar-refractivity contribution is 6.99. The average molecular weight is 643 g/mol. The summed E-state index contributed by atoms with van der Waals surface area (Å²) in [7, 11) is 0. The van der Waals surface area contributed by atoms with Gasteiger partial charge in [0.1, 0.15) is 11.5 Å². The van der Waals surface area contributed by atoms with Gasteiger partial charge in [-0.25, -0.2) is 0 Å². The van der Waals surface area contributed by atoms with Gasteiger partial charge in [0.25, 0.3) is 6.71 Å². The maximum absolute atomic E-state index is 7.21. The molecule has 0 N–H and O–H groups in total. The second kappa shape index (κ2) is 10.1. The maximum Gasteiger partial charge on any atom is 0.256 e. The van der Waals surface area contributed by atoms with Crippen LogP contribution >= 0.6 is 0 Å². The summed E-state index contributed by atoms with van der Waals surface area (Å²) >= 11 is 0. The van der Waals surface area contributed by atoms with Gasteiger partial charge in [-0.2, -0.15) is 0 Å². The largest absolute Gasteiger partial charge is 0.458 e. The number of benzene rings is 5. The topological polar surface area (TPSA) is 17.4 Å². The molecule has 1 aromatic heterocycles.